The predicted molar refractivity (Wildman–Crippen MR) is 270 cm³/mol. The first-order chi connectivity index (χ1) is 28.0. The first-order valence-corrected chi connectivity index (χ1v) is 27.6. The van der Waals surface area contributed by atoms with Crippen LogP contribution in [-0.4, -0.2) is 93.5 Å². The maximum atomic E-state index is 2.34. The van der Waals surface area contributed by atoms with E-state index in [-0.39, 0.29) is 46.4 Å². The van der Waals surface area contributed by atoms with E-state index in [1.165, 1.54) is 286 Å². The fraction of sp³-hybridized carbons (Fsp3) is 1.00. The Balaban J connectivity index is -0.000000187. The lowest BCUT2D eigenvalue weighted by Crippen LogP contribution is -3.00. The maximum Gasteiger partial charge on any atom is 0.0786 e. The van der Waals surface area contributed by atoms with Crippen LogP contribution < -0.4 is 46.4 Å². The molecule has 0 saturated heterocycles. The summed E-state index contributed by atoms with van der Waals surface area (Å²) in [5.41, 5.74) is 0. The van der Waals surface area contributed by atoms with Crippen molar-refractivity contribution < 1.29 is 59.8 Å². The topological polar surface area (TPSA) is 0 Å². The van der Waals surface area contributed by atoms with Gasteiger partial charge in [0.1, 0.15) is 0 Å². The maximum absolute atomic E-state index is 2.34. The summed E-state index contributed by atoms with van der Waals surface area (Å²) in [6.07, 6.45) is 48.3. The van der Waals surface area contributed by atoms with E-state index in [0.717, 1.165) is 4.48 Å². The summed E-state index contributed by atoms with van der Waals surface area (Å²) in [6.45, 7) is 33.8. The largest absolute Gasteiger partial charge is 1.00 e. The number of unbranched alkanes of at least 4 members (excludes halogenated alkanes) is 25. The normalized spacial score (nSPS) is 11.4. The molecule has 0 aromatic carbocycles. The van der Waals surface area contributed by atoms with Crippen molar-refractivity contribution in [2.75, 3.05) is 80.0 Å². The molecule has 0 aromatic rings. The number of rotatable bonds is 43. The van der Waals surface area contributed by atoms with Gasteiger partial charge >= 0.3 is 0 Å². The highest BCUT2D eigenvalue weighted by Crippen LogP contribution is 2.20. The quantitative estimate of drug-likeness (QED) is 0.0424. The Morgan fingerprint density at radius 2 is 0.344 bits per heavy atom. The Bertz CT molecular complexity index is 656. The monoisotopic (exact) mass is 1020 g/mol. The van der Waals surface area contributed by atoms with Gasteiger partial charge in [-0.25, -0.2) is 0 Å². The Kier molecular flexibility index (Phi) is 69.2. The number of hydrogen-bond donors (Lipinski definition) is 0. The summed E-state index contributed by atoms with van der Waals surface area (Å²) in [6, 6.07) is 0. The highest BCUT2D eigenvalue weighted by atomic mass is 79.9. The molecule has 0 spiro atoms. The van der Waals surface area contributed by atoms with Crippen molar-refractivity contribution in [3.8, 4) is 0 Å². The van der Waals surface area contributed by atoms with Crippen molar-refractivity contribution in [3.05, 3.63) is 0 Å². The summed E-state index contributed by atoms with van der Waals surface area (Å²) >= 11 is 0. The van der Waals surface area contributed by atoms with E-state index >= 15 is 0 Å². The van der Waals surface area contributed by atoms with Crippen LogP contribution in [-0.2, 0) is 0 Å². The highest BCUT2D eigenvalue weighted by molar-refractivity contribution is 4.54. The first-order valence-electron chi connectivity index (χ1n) is 27.6. The lowest BCUT2D eigenvalue weighted by atomic mass is 10.1. The standard InChI is InChI=1S/C24H52N.C16H36N.C15H34N.2BrH.ClH/c1-5-9-13-17-21-25(22-18-14-10-6-2,23-19-15-11-7-3)24-20-16-12-8-4;1-5-9-13-17(14-10-6-2,15-11-7-3)16-12-8-4;1-5-6-7-8-9-10-11-12-13-14-15-16(2,3)4;;;/h5-24H2,1-4H3;5-16H2,1-4H3;5-15H2,1-4H3;3*1H/q3*+1;;;/p-3. The molecule has 0 aliphatic rings. The van der Waals surface area contributed by atoms with E-state index in [9.17, 15) is 0 Å². The van der Waals surface area contributed by atoms with Crippen molar-refractivity contribution in [1.82, 2.24) is 0 Å². The fourth-order valence-electron chi connectivity index (χ4n) is 8.89. The lowest BCUT2D eigenvalue weighted by molar-refractivity contribution is -0.929. The zero-order chi connectivity index (χ0) is 43.9. The second-order valence-electron chi connectivity index (χ2n) is 20.3. The van der Waals surface area contributed by atoms with E-state index in [4.69, 9.17) is 0 Å². The van der Waals surface area contributed by atoms with Gasteiger partial charge in [0.15, 0.2) is 0 Å². The molecule has 0 N–H and O–H groups in total. The minimum Gasteiger partial charge on any atom is -1.00 e. The van der Waals surface area contributed by atoms with E-state index in [1.54, 1.807) is 0 Å². The number of quaternary nitrogens is 3. The van der Waals surface area contributed by atoms with Crippen LogP contribution in [0.5, 0.6) is 0 Å². The molecule has 0 saturated carbocycles. The van der Waals surface area contributed by atoms with Crippen LogP contribution in [0.25, 0.3) is 0 Å². The summed E-state index contributed by atoms with van der Waals surface area (Å²) < 4.78 is 4.00. The van der Waals surface area contributed by atoms with Crippen molar-refractivity contribution in [2.24, 2.45) is 0 Å². The van der Waals surface area contributed by atoms with Gasteiger partial charge in [-0.15, -0.1) is 0 Å². The van der Waals surface area contributed by atoms with E-state index < -0.39 is 0 Å². The minimum atomic E-state index is 0. The zero-order valence-electron chi connectivity index (χ0n) is 44.9. The second kappa shape index (κ2) is 57.3. The number of hydrogen-bond acceptors (Lipinski definition) is 0. The summed E-state index contributed by atoms with van der Waals surface area (Å²) in [7, 11) is 6.86. The lowest BCUT2D eigenvalue weighted by Gasteiger charge is -2.39. The summed E-state index contributed by atoms with van der Waals surface area (Å²) in [5, 5.41) is 0. The molecule has 61 heavy (non-hydrogen) atoms. The van der Waals surface area contributed by atoms with Gasteiger partial charge < -0.3 is 59.8 Å². The Morgan fingerprint density at radius 3 is 0.541 bits per heavy atom. The van der Waals surface area contributed by atoms with Gasteiger partial charge in [-0.05, 0) is 89.9 Å². The third kappa shape index (κ3) is 55.4. The highest BCUT2D eigenvalue weighted by Gasteiger charge is 2.26. The molecule has 0 aromatic heterocycles. The van der Waals surface area contributed by atoms with E-state index in [1.807, 2.05) is 0 Å². The molecule has 378 valence electrons. The Morgan fingerprint density at radius 1 is 0.197 bits per heavy atom. The third-order valence-corrected chi connectivity index (χ3v) is 13.1. The number of nitrogens with zero attached hydrogens (tertiary/aromatic N) is 3. The molecule has 0 radical (unpaired) electrons. The van der Waals surface area contributed by atoms with E-state index in [0.29, 0.717) is 0 Å². The Labute approximate surface area is 418 Å². The smallest absolute Gasteiger partial charge is 0.0786 e. The van der Waals surface area contributed by atoms with Gasteiger partial charge in [-0.2, -0.15) is 0 Å². The molecule has 0 amide bonds. The molecular weight excluding hydrogens is 898 g/mol. The summed E-state index contributed by atoms with van der Waals surface area (Å²) in [4.78, 5) is 0. The predicted octanol–water partition coefficient (Wildman–Crippen LogP) is 8.75. The average molecular weight is 1020 g/mol. The van der Waals surface area contributed by atoms with Crippen molar-refractivity contribution >= 4 is 0 Å². The molecule has 0 atom stereocenters. The van der Waals surface area contributed by atoms with Gasteiger partial charge in [-0.3, -0.25) is 0 Å². The van der Waals surface area contributed by atoms with Crippen LogP contribution in [0.3, 0.4) is 0 Å². The van der Waals surface area contributed by atoms with Crippen molar-refractivity contribution in [1.29, 1.82) is 0 Å². The van der Waals surface area contributed by atoms with Gasteiger partial charge in [0.25, 0.3) is 0 Å². The van der Waals surface area contributed by atoms with Crippen molar-refractivity contribution in [3.63, 3.8) is 0 Å². The van der Waals surface area contributed by atoms with E-state index in [2.05, 4.69) is 83.5 Å². The second-order valence-corrected chi connectivity index (χ2v) is 20.3. The molecule has 0 fully saturated rings. The van der Waals surface area contributed by atoms with Crippen molar-refractivity contribution in [2.45, 2.75) is 281 Å². The molecule has 0 aliphatic carbocycles. The van der Waals surface area contributed by atoms with Gasteiger partial charge in [0, 0.05) is 0 Å². The van der Waals surface area contributed by atoms with Gasteiger partial charge in [-0.1, -0.05) is 191 Å². The molecule has 0 heterocycles. The Hall–Kier alpha value is 1.13. The molecular formula is C55H122Br2ClN3. The zero-order valence-corrected chi connectivity index (χ0v) is 48.8. The van der Waals surface area contributed by atoms with Crippen LogP contribution in [0.1, 0.15) is 281 Å². The van der Waals surface area contributed by atoms with Crippen LogP contribution in [0.2, 0.25) is 0 Å². The average Bonchev–Trinajstić information content (AvgIpc) is 3.21. The molecule has 0 unspecified atom stereocenters. The first kappa shape index (κ1) is 73.7. The number of halogens is 3. The van der Waals surface area contributed by atoms with Gasteiger partial charge in [0.2, 0.25) is 0 Å². The molecule has 6 heteroatoms. The molecule has 3 nitrogen and oxygen atoms in total. The van der Waals surface area contributed by atoms with Crippen LogP contribution >= 0.6 is 0 Å². The molecule has 0 bridgehead atoms. The molecule has 0 aliphatic heterocycles. The molecule has 0 rings (SSSR count). The SMILES string of the molecule is CCCCCCCCCCCC[N+](C)(C)C.CCCCCC[N+](CCCCCC)(CCCCCC)CCCCCC.CCCC[N+](CCCC)(CCCC)CCCC.[Br-].[Br-].[Cl-]. The van der Waals surface area contributed by atoms with Crippen LogP contribution in [0.15, 0.2) is 0 Å². The summed E-state index contributed by atoms with van der Waals surface area (Å²) in [5.74, 6) is 0. The third-order valence-electron chi connectivity index (χ3n) is 13.1. The van der Waals surface area contributed by atoms with Crippen LogP contribution in [0, 0.1) is 0 Å². The fourth-order valence-corrected chi connectivity index (χ4v) is 8.89. The minimum absolute atomic E-state index is 0. The van der Waals surface area contributed by atoms with Crippen LogP contribution in [0.4, 0.5) is 0 Å². The van der Waals surface area contributed by atoms with Gasteiger partial charge in [0.05, 0.1) is 80.0 Å².